The van der Waals surface area contributed by atoms with Gasteiger partial charge < -0.3 is 11.1 Å². The van der Waals surface area contributed by atoms with E-state index in [2.05, 4.69) is 16.8 Å². The highest BCUT2D eigenvalue weighted by Crippen LogP contribution is 2.23. The molecular weight excluding hydrogens is 322 g/mol. The maximum absolute atomic E-state index is 12.5. The van der Waals surface area contributed by atoms with Crippen LogP contribution in [0.5, 0.6) is 0 Å². The number of rotatable bonds is 5. The molecule has 2 amide bonds. The van der Waals surface area contributed by atoms with Crippen LogP contribution in [-0.2, 0) is 4.79 Å². The summed E-state index contributed by atoms with van der Waals surface area (Å²) in [4.78, 5) is 25.5. The standard InChI is InChI=1S/C18H21N3O2S/c19-17(22)11-21-7-4-16(5-8-21)20-18(23)14-3-1-2-13(10-14)15-6-9-24-12-15/h1-3,6,9-10,12,16H,4-5,7-8,11H2,(H2,19,22)(H,20,23). The number of hydrogen-bond donors (Lipinski definition) is 2. The monoisotopic (exact) mass is 343 g/mol. The van der Waals surface area contributed by atoms with Gasteiger partial charge in [-0.2, -0.15) is 11.3 Å². The molecule has 1 aromatic carbocycles. The van der Waals surface area contributed by atoms with E-state index in [4.69, 9.17) is 5.73 Å². The van der Waals surface area contributed by atoms with Crippen LogP contribution in [0, 0.1) is 0 Å². The van der Waals surface area contributed by atoms with Gasteiger partial charge in [0.2, 0.25) is 5.91 Å². The van der Waals surface area contributed by atoms with Crippen LogP contribution in [0.15, 0.2) is 41.1 Å². The number of nitrogens with one attached hydrogen (secondary N) is 1. The maximum Gasteiger partial charge on any atom is 0.251 e. The summed E-state index contributed by atoms with van der Waals surface area (Å²) < 4.78 is 0. The van der Waals surface area contributed by atoms with Crippen molar-refractivity contribution in [2.24, 2.45) is 5.73 Å². The fourth-order valence-corrected chi connectivity index (χ4v) is 3.66. The van der Waals surface area contributed by atoms with E-state index in [0.717, 1.165) is 37.1 Å². The Morgan fingerprint density at radius 3 is 2.67 bits per heavy atom. The molecule has 24 heavy (non-hydrogen) atoms. The van der Waals surface area contributed by atoms with Gasteiger partial charge in [0.05, 0.1) is 6.54 Å². The summed E-state index contributed by atoms with van der Waals surface area (Å²) in [5.74, 6) is -0.344. The van der Waals surface area contributed by atoms with Crippen LogP contribution in [0.25, 0.3) is 11.1 Å². The molecule has 0 aliphatic carbocycles. The Bertz CT molecular complexity index is 707. The average Bonchev–Trinajstić information content (AvgIpc) is 3.11. The van der Waals surface area contributed by atoms with E-state index in [1.165, 1.54) is 0 Å². The molecule has 5 nitrogen and oxygen atoms in total. The van der Waals surface area contributed by atoms with Crippen molar-refractivity contribution in [2.75, 3.05) is 19.6 Å². The molecule has 126 valence electrons. The number of primary amides is 1. The number of thiophene rings is 1. The fraction of sp³-hybridized carbons (Fsp3) is 0.333. The Balaban J connectivity index is 1.58. The molecule has 1 saturated heterocycles. The summed E-state index contributed by atoms with van der Waals surface area (Å²) in [6.45, 7) is 1.86. The first-order valence-electron chi connectivity index (χ1n) is 8.06. The molecular formula is C18H21N3O2S. The Labute approximate surface area is 145 Å². The third-order valence-corrected chi connectivity index (χ3v) is 4.96. The summed E-state index contributed by atoms with van der Waals surface area (Å²) >= 11 is 1.64. The van der Waals surface area contributed by atoms with Crippen molar-refractivity contribution in [1.29, 1.82) is 0 Å². The van der Waals surface area contributed by atoms with Crippen LogP contribution in [-0.4, -0.2) is 42.4 Å². The van der Waals surface area contributed by atoms with E-state index in [-0.39, 0.29) is 17.9 Å². The number of hydrogen-bond acceptors (Lipinski definition) is 4. The third-order valence-electron chi connectivity index (χ3n) is 4.28. The molecule has 1 fully saturated rings. The normalized spacial score (nSPS) is 16.0. The quantitative estimate of drug-likeness (QED) is 0.873. The number of carbonyl (C=O) groups is 2. The summed E-state index contributed by atoms with van der Waals surface area (Å²) in [6, 6.07) is 9.90. The molecule has 2 aromatic rings. The third kappa shape index (κ3) is 4.21. The van der Waals surface area contributed by atoms with Crippen LogP contribution in [0.1, 0.15) is 23.2 Å². The van der Waals surface area contributed by atoms with E-state index in [1.54, 1.807) is 11.3 Å². The summed E-state index contributed by atoms with van der Waals surface area (Å²) in [6.07, 6.45) is 1.67. The number of amides is 2. The first-order valence-corrected chi connectivity index (χ1v) is 9.00. The fourth-order valence-electron chi connectivity index (χ4n) is 2.99. The molecule has 0 bridgehead atoms. The molecule has 2 heterocycles. The zero-order valence-electron chi connectivity index (χ0n) is 13.4. The first-order chi connectivity index (χ1) is 11.6. The molecule has 1 aliphatic heterocycles. The predicted octanol–water partition coefficient (Wildman–Crippen LogP) is 2.09. The van der Waals surface area contributed by atoms with E-state index in [9.17, 15) is 9.59 Å². The lowest BCUT2D eigenvalue weighted by Gasteiger charge is -2.31. The number of benzene rings is 1. The minimum Gasteiger partial charge on any atom is -0.369 e. The van der Waals surface area contributed by atoms with Crippen molar-refractivity contribution in [3.05, 3.63) is 46.7 Å². The molecule has 0 radical (unpaired) electrons. The van der Waals surface area contributed by atoms with Gasteiger partial charge in [-0.15, -0.1) is 0 Å². The van der Waals surface area contributed by atoms with Gasteiger partial charge in [0, 0.05) is 24.7 Å². The molecule has 6 heteroatoms. The van der Waals surface area contributed by atoms with Crippen molar-refractivity contribution in [1.82, 2.24) is 10.2 Å². The second-order valence-electron chi connectivity index (χ2n) is 6.08. The highest BCUT2D eigenvalue weighted by atomic mass is 32.1. The molecule has 3 rings (SSSR count). The summed E-state index contributed by atoms with van der Waals surface area (Å²) in [7, 11) is 0. The van der Waals surface area contributed by atoms with Gasteiger partial charge in [0.25, 0.3) is 5.91 Å². The minimum atomic E-state index is -0.303. The average molecular weight is 343 g/mol. The zero-order valence-corrected chi connectivity index (χ0v) is 14.2. The van der Waals surface area contributed by atoms with Crippen molar-refractivity contribution in [2.45, 2.75) is 18.9 Å². The van der Waals surface area contributed by atoms with E-state index < -0.39 is 0 Å². The lowest BCUT2D eigenvalue weighted by molar-refractivity contribution is -0.119. The van der Waals surface area contributed by atoms with Crippen LogP contribution in [0.2, 0.25) is 0 Å². The van der Waals surface area contributed by atoms with Crippen molar-refractivity contribution >= 4 is 23.2 Å². The number of nitrogens with two attached hydrogens (primary N) is 1. The van der Waals surface area contributed by atoms with Crippen LogP contribution in [0.3, 0.4) is 0 Å². The van der Waals surface area contributed by atoms with E-state index in [0.29, 0.717) is 12.1 Å². The van der Waals surface area contributed by atoms with E-state index in [1.807, 2.05) is 34.5 Å². The van der Waals surface area contributed by atoms with Gasteiger partial charge in [0.15, 0.2) is 0 Å². The van der Waals surface area contributed by atoms with Gasteiger partial charge in [-0.1, -0.05) is 12.1 Å². The summed E-state index contributed by atoms with van der Waals surface area (Å²) in [5.41, 5.74) is 8.09. The number of nitrogens with zero attached hydrogens (tertiary/aromatic N) is 1. The lowest BCUT2D eigenvalue weighted by atomic mass is 10.0. The van der Waals surface area contributed by atoms with Crippen LogP contribution in [0.4, 0.5) is 0 Å². The second-order valence-corrected chi connectivity index (χ2v) is 6.86. The molecule has 0 saturated carbocycles. The van der Waals surface area contributed by atoms with Crippen molar-refractivity contribution < 1.29 is 9.59 Å². The SMILES string of the molecule is NC(=O)CN1CCC(NC(=O)c2cccc(-c3ccsc3)c2)CC1. The number of piperidine rings is 1. The molecule has 0 spiro atoms. The van der Waals surface area contributed by atoms with E-state index >= 15 is 0 Å². The Morgan fingerprint density at radius 1 is 1.21 bits per heavy atom. The van der Waals surface area contributed by atoms with Crippen molar-refractivity contribution in [3.63, 3.8) is 0 Å². The Hall–Kier alpha value is -2.18. The highest BCUT2D eigenvalue weighted by molar-refractivity contribution is 7.08. The first kappa shape index (κ1) is 16.7. The van der Waals surface area contributed by atoms with Gasteiger partial charge in [-0.05, 0) is 52.9 Å². The molecule has 1 aromatic heterocycles. The van der Waals surface area contributed by atoms with Crippen LogP contribution >= 0.6 is 11.3 Å². The van der Waals surface area contributed by atoms with Crippen LogP contribution < -0.4 is 11.1 Å². The van der Waals surface area contributed by atoms with Gasteiger partial charge >= 0.3 is 0 Å². The Kier molecular flexibility index (Phi) is 5.27. The lowest BCUT2D eigenvalue weighted by Crippen LogP contribution is -2.46. The molecule has 3 N–H and O–H groups in total. The van der Waals surface area contributed by atoms with Gasteiger partial charge in [0.1, 0.15) is 0 Å². The number of carbonyl (C=O) groups excluding carboxylic acids is 2. The summed E-state index contributed by atoms with van der Waals surface area (Å²) in [5, 5.41) is 7.21. The minimum absolute atomic E-state index is 0.0413. The van der Waals surface area contributed by atoms with Gasteiger partial charge in [-0.3, -0.25) is 14.5 Å². The molecule has 0 unspecified atom stereocenters. The van der Waals surface area contributed by atoms with Gasteiger partial charge in [-0.25, -0.2) is 0 Å². The topological polar surface area (TPSA) is 75.4 Å². The molecule has 1 aliphatic rings. The highest BCUT2D eigenvalue weighted by Gasteiger charge is 2.22. The maximum atomic E-state index is 12.5. The Morgan fingerprint density at radius 2 is 2.00 bits per heavy atom. The molecule has 0 atom stereocenters. The van der Waals surface area contributed by atoms with Crippen molar-refractivity contribution in [3.8, 4) is 11.1 Å². The largest absolute Gasteiger partial charge is 0.369 e. The zero-order chi connectivity index (χ0) is 16.9. The predicted molar refractivity (Wildman–Crippen MR) is 95.9 cm³/mol. The number of likely N-dealkylation sites (tertiary alicyclic amines) is 1. The second kappa shape index (κ2) is 7.59. The smallest absolute Gasteiger partial charge is 0.251 e.